The van der Waals surface area contributed by atoms with E-state index in [9.17, 15) is 9.59 Å². The summed E-state index contributed by atoms with van der Waals surface area (Å²) in [7, 11) is 0. The van der Waals surface area contributed by atoms with Crippen LogP contribution in [0.5, 0.6) is 0 Å². The predicted molar refractivity (Wildman–Crippen MR) is 92.1 cm³/mol. The van der Waals surface area contributed by atoms with E-state index in [0.717, 1.165) is 36.0 Å². The fourth-order valence-electron chi connectivity index (χ4n) is 2.71. The van der Waals surface area contributed by atoms with Crippen molar-refractivity contribution in [2.45, 2.75) is 25.8 Å². The Hall–Kier alpha value is -1.95. The van der Waals surface area contributed by atoms with Gasteiger partial charge in [-0.2, -0.15) is 5.10 Å². The van der Waals surface area contributed by atoms with Gasteiger partial charge in [0.15, 0.2) is 0 Å². The number of carbonyl (C=O) groups excluding carboxylic acids is 1. The minimum Gasteiger partial charge on any atom is -0.341 e. The van der Waals surface area contributed by atoms with Gasteiger partial charge in [0.25, 0.3) is 5.56 Å². The van der Waals surface area contributed by atoms with Crippen LogP contribution in [-0.2, 0) is 11.3 Å². The molecule has 1 aliphatic heterocycles. The molecule has 0 bridgehead atoms. The van der Waals surface area contributed by atoms with Gasteiger partial charge in [0.1, 0.15) is 6.54 Å². The molecule has 2 aromatic rings. The number of benzene rings is 1. The Morgan fingerprint density at radius 2 is 1.74 bits per heavy atom. The van der Waals surface area contributed by atoms with E-state index >= 15 is 0 Å². The molecule has 0 aliphatic carbocycles. The van der Waals surface area contributed by atoms with E-state index < -0.39 is 0 Å². The van der Waals surface area contributed by atoms with Gasteiger partial charge in [-0.05, 0) is 37.5 Å². The number of amides is 1. The minimum absolute atomic E-state index is 0.00318. The lowest BCUT2D eigenvalue weighted by atomic mass is 10.1. The molecule has 0 spiro atoms. The van der Waals surface area contributed by atoms with Crippen LogP contribution in [0.2, 0.25) is 0 Å². The maximum absolute atomic E-state index is 12.3. The Morgan fingerprint density at radius 3 is 2.43 bits per heavy atom. The van der Waals surface area contributed by atoms with E-state index in [2.05, 4.69) is 21.0 Å². The number of aromatic nitrogens is 2. The van der Waals surface area contributed by atoms with Gasteiger partial charge >= 0.3 is 0 Å². The summed E-state index contributed by atoms with van der Waals surface area (Å²) in [6, 6.07) is 10.8. The highest BCUT2D eigenvalue weighted by atomic mass is 79.9. The van der Waals surface area contributed by atoms with Crippen LogP contribution in [0.4, 0.5) is 0 Å². The van der Waals surface area contributed by atoms with Gasteiger partial charge in [-0.25, -0.2) is 4.68 Å². The largest absolute Gasteiger partial charge is 0.341 e. The molecule has 1 fully saturated rings. The predicted octanol–water partition coefficient (Wildman–Crippen LogP) is 2.69. The normalized spacial score (nSPS) is 14.7. The number of hydrogen-bond donors (Lipinski definition) is 0. The first-order valence-corrected chi connectivity index (χ1v) is 8.55. The van der Waals surface area contributed by atoms with Crippen LogP contribution in [-0.4, -0.2) is 33.7 Å². The average Bonchev–Trinajstić information content (AvgIpc) is 2.58. The minimum atomic E-state index is -0.253. The highest BCUT2D eigenvalue weighted by Gasteiger charge is 2.17. The van der Waals surface area contributed by atoms with Crippen LogP contribution >= 0.6 is 15.9 Å². The summed E-state index contributed by atoms with van der Waals surface area (Å²) in [5, 5.41) is 4.35. The molecule has 1 amide bonds. The molecule has 0 radical (unpaired) electrons. The Bertz CT molecular complexity index is 749. The van der Waals surface area contributed by atoms with Gasteiger partial charge in [0, 0.05) is 29.2 Å². The van der Waals surface area contributed by atoms with E-state index in [1.54, 1.807) is 6.07 Å². The van der Waals surface area contributed by atoms with Crippen molar-refractivity contribution in [1.82, 2.24) is 14.7 Å². The van der Waals surface area contributed by atoms with Crippen molar-refractivity contribution < 1.29 is 4.79 Å². The Balaban J connectivity index is 1.81. The topological polar surface area (TPSA) is 55.2 Å². The van der Waals surface area contributed by atoms with Gasteiger partial charge in [-0.3, -0.25) is 9.59 Å². The molecule has 6 heteroatoms. The Kier molecular flexibility index (Phi) is 4.91. The lowest BCUT2D eigenvalue weighted by molar-refractivity contribution is -0.133. The molecule has 1 aliphatic rings. The summed E-state index contributed by atoms with van der Waals surface area (Å²) in [4.78, 5) is 26.2. The van der Waals surface area contributed by atoms with E-state index in [4.69, 9.17) is 0 Å². The zero-order chi connectivity index (χ0) is 16.2. The standard InChI is InChI=1S/C17H18BrN3O2/c18-14-6-4-13(5-7-14)15-8-9-16(22)21(19-15)12-17(23)20-10-2-1-3-11-20/h4-9H,1-3,10-12H2. The molecule has 1 saturated heterocycles. The average molecular weight is 376 g/mol. The third-order valence-corrected chi connectivity index (χ3v) is 4.53. The second kappa shape index (κ2) is 7.08. The van der Waals surface area contributed by atoms with Crippen LogP contribution in [0.15, 0.2) is 45.7 Å². The van der Waals surface area contributed by atoms with Crippen molar-refractivity contribution in [2.24, 2.45) is 0 Å². The number of carbonyl (C=O) groups is 1. The van der Waals surface area contributed by atoms with E-state index in [0.29, 0.717) is 5.69 Å². The van der Waals surface area contributed by atoms with E-state index in [1.807, 2.05) is 29.2 Å². The van der Waals surface area contributed by atoms with Gasteiger partial charge < -0.3 is 4.90 Å². The molecular formula is C17H18BrN3O2. The van der Waals surface area contributed by atoms with E-state index in [-0.39, 0.29) is 18.0 Å². The molecule has 0 unspecified atom stereocenters. The fraction of sp³-hybridized carbons (Fsp3) is 0.353. The number of hydrogen-bond acceptors (Lipinski definition) is 3. The number of piperidine rings is 1. The molecular weight excluding hydrogens is 358 g/mol. The first-order chi connectivity index (χ1) is 11.1. The Morgan fingerprint density at radius 1 is 1.04 bits per heavy atom. The van der Waals surface area contributed by atoms with Crippen LogP contribution in [0.25, 0.3) is 11.3 Å². The highest BCUT2D eigenvalue weighted by Crippen LogP contribution is 2.18. The third-order valence-electron chi connectivity index (χ3n) is 4.00. The van der Waals surface area contributed by atoms with Crippen LogP contribution < -0.4 is 5.56 Å². The van der Waals surface area contributed by atoms with Gasteiger partial charge in [0.05, 0.1) is 5.69 Å². The molecule has 0 atom stereocenters. The maximum Gasteiger partial charge on any atom is 0.267 e. The third kappa shape index (κ3) is 3.88. The van der Waals surface area contributed by atoms with Crippen molar-refractivity contribution in [1.29, 1.82) is 0 Å². The highest BCUT2D eigenvalue weighted by molar-refractivity contribution is 9.10. The second-order valence-corrected chi connectivity index (χ2v) is 6.58. The maximum atomic E-state index is 12.3. The van der Waals surface area contributed by atoms with Crippen molar-refractivity contribution in [2.75, 3.05) is 13.1 Å². The zero-order valence-corrected chi connectivity index (χ0v) is 14.3. The molecule has 5 nitrogen and oxygen atoms in total. The number of nitrogens with zero attached hydrogens (tertiary/aromatic N) is 3. The van der Waals surface area contributed by atoms with Crippen LogP contribution in [0.1, 0.15) is 19.3 Å². The first-order valence-electron chi connectivity index (χ1n) is 7.75. The second-order valence-electron chi connectivity index (χ2n) is 5.66. The summed E-state index contributed by atoms with van der Waals surface area (Å²) >= 11 is 3.40. The van der Waals surface area contributed by atoms with Crippen LogP contribution in [0.3, 0.4) is 0 Å². The quantitative estimate of drug-likeness (QED) is 0.828. The molecule has 0 N–H and O–H groups in total. The van der Waals surface area contributed by atoms with Crippen molar-refractivity contribution in [3.05, 3.63) is 51.2 Å². The molecule has 0 saturated carbocycles. The lowest BCUT2D eigenvalue weighted by Crippen LogP contribution is -2.40. The molecule has 23 heavy (non-hydrogen) atoms. The summed E-state index contributed by atoms with van der Waals surface area (Å²) in [5.41, 5.74) is 1.34. The molecule has 1 aromatic carbocycles. The van der Waals surface area contributed by atoms with Crippen molar-refractivity contribution >= 4 is 21.8 Å². The number of rotatable bonds is 3. The van der Waals surface area contributed by atoms with Gasteiger partial charge in [-0.1, -0.05) is 28.1 Å². The lowest BCUT2D eigenvalue weighted by Gasteiger charge is -2.26. The zero-order valence-electron chi connectivity index (χ0n) is 12.7. The first kappa shape index (κ1) is 15.9. The van der Waals surface area contributed by atoms with Gasteiger partial charge in [-0.15, -0.1) is 0 Å². The summed E-state index contributed by atoms with van der Waals surface area (Å²) in [6.45, 7) is 1.56. The Labute approximate surface area is 143 Å². The van der Waals surface area contributed by atoms with Crippen LogP contribution in [0, 0.1) is 0 Å². The number of likely N-dealkylation sites (tertiary alicyclic amines) is 1. The van der Waals surface area contributed by atoms with E-state index in [1.165, 1.54) is 17.2 Å². The molecule has 2 heterocycles. The smallest absolute Gasteiger partial charge is 0.267 e. The summed E-state index contributed by atoms with van der Waals surface area (Å²) in [6.07, 6.45) is 3.24. The van der Waals surface area contributed by atoms with Crippen molar-refractivity contribution in [3.8, 4) is 11.3 Å². The SMILES string of the molecule is O=C(Cn1nc(-c2ccc(Br)cc2)ccc1=O)N1CCCCC1. The van der Waals surface area contributed by atoms with Gasteiger partial charge in [0.2, 0.25) is 5.91 Å². The summed E-state index contributed by atoms with van der Waals surface area (Å²) in [5.74, 6) is -0.0349. The fourth-order valence-corrected chi connectivity index (χ4v) is 2.97. The van der Waals surface area contributed by atoms with Crippen molar-refractivity contribution in [3.63, 3.8) is 0 Å². The molecule has 120 valence electrons. The summed E-state index contributed by atoms with van der Waals surface area (Å²) < 4.78 is 2.24. The molecule has 1 aromatic heterocycles. The monoisotopic (exact) mass is 375 g/mol. The molecule has 3 rings (SSSR count). The number of halogens is 1.